The van der Waals surface area contributed by atoms with Gasteiger partial charge in [-0.1, -0.05) is 101 Å². The van der Waals surface area contributed by atoms with Crippen molar-refractivity contribution in [2.75, 3.05) is 19.3 Å². The van der Waals surface area contributed by atoms with E-state index < -0.39 is 0 Å². The molecule has 0 saturated carbocycles. The summed E-state index contributed by atoms with van der Waals surface area (Å²) in [6.45, 7) is 9.17. The Kier molecular flexibility index (Phi) is 10.5. The number of thioether (sulfide) groups is 1. The predicted octanol–water partition coefficient (Wildman–Crippen LogP) is 12.1. The molecule has 6 aromatic rings. The van der Waals surface area contributed by atoms with Crippen LogP contribution in [0, 0.1) is 5.92 Å². The third-order valence-electron chi connectivity index (χ3n) is 11.4. The number of hydrogen-bond donors (Lipinski definition) is 0. The van der Waals surface area contributed by atoms with Gasteiger partial charge >= 0.3 is 0 Å². The summed E-state index contributed by atoms with van der Waals surface area (Å²) in [5.74, 6) is 2.84. The molecule has 0 bridgehead atoms. The summed E-state index contributed by atoms with van der Waals surface area (Å²) in [5, 5.41) is 16.4. The van der Waals surface area contributed by atoms with Crippen LogP contribution in [-0.2, 0) is 12.8 Å². The highest BCUT2D eigenvalue weighted by Crippen LogP contribution is 2.45. The van der Waals surface area contributed by atoms with Gasteiger partial charge in [-0.2, -0.15) is 10.2 Å². The molecule has 0 aliphatic carbocycles. The van der Waals surface area contributed by atoms with Crippen LogP contribution in [0.15, 0.2) is 118 Å². The topological polar surface area (TPSA) is 37.0 Å². The second kappa shape index (κ2) is 15.7. The maximum atomic E-state index is 7.11. The monoisotopic (exact) mass is 716 g/mol. The molecular formula is C48H50N3OS+. The summed E-state index contributed by atoms with van der Waals surface area (Å²) in [6, 6.07) is 36.4. The normalized spacial score (nSPS) is 14.8. The van der Waals surface area contributed by atoms with Crippen LogP contribution >= 0.6 is 11.8 Å². The lowest BCUT2D eigenvalue weighted by atomic mass is 9.88. The Morgan fingerprint density at radius 3 is 2.38 bits per heavy atom. The zero-order chi connectivity index (χ0) is 36.3. The molecule has 1 atom stereocenters. The summed E-state index contributed by atoms with van der Waals surface area (Å²) >= 11 is 1.79. The van der Waals surface area contributed by atoms with Crippen LogP contribution < -0.4 is 19.9 Å². The van der Waals surface area contributed by atoms with E-state index in [1.807, 2.05) is 36.4 Å². The van der Waals surface area contributed by atoms with Gasteiger partial charge < -0.3 is 4.74 Å². The van der Waals surface area contributed by atoms with Crippen molar-refractivity contribution >= 4 is 50.3 Å². The van der Waals surface area contributed by atoms with Crippen LogP contribution in [0.3, 0.4) is 0 Å². The van der Waals surface area contributed by atoms with Crippen molar-refractivity contribution in [3.63, 3.8) is 0 Å². The molecule has 0 radical (unpaired) electrons. The van der Waals surface area contributed by atoms with Crippen LogP contribution in [0.5, 0.6) is 11.5 Å². The van der Waals surface area contributed by atoms with Crippen LogP contribution in [0.4, 0.5) is 11.4 Å². The second-order valence-corrected chi connectivity index (χ2v) is 15.7. The number of fused-ring (bicyclic) bond motifs is 7. The van der Waals surface area contributed by atoms with E-state index in [0.717, 1.165) is 69.7 Å². The van der Waals surface area contributed by atoms with Gasteiger partial charge in [0.1, 0.15) is 24.6 Å². The fraction of sp³-hybridized carbons (Fsp3) is 0.312. The van der Waals surface area contributed by atoms with Crippen LogP contribution in [-0.4, -0.2) is 19.3 Å². The molecule has 0 fully saturated rings. The highest BCUT2D eigenvalue weighted by molar-refractivity contribution is 7.98. The first kappa shape index (κ1) is 35.3. The van der Waals surface area contributed by atoms with E-state index in [-0.39, 0.29) is 0 Å². The number of hydrogen-bond acceptors (Lipinski definition) is 4. The maximum Gasteiger partial charge on any atom is 0.207 e. The van der Waals surface area contributed by atoms with E-state index in [1.54, 1.807) is 11.8 Å². The number of benzene rings is 6. The molecule has 3 heterocycles. The molecule has 0 spiro atoms. The minimum Gasteiger partial charge on any atom is -0.455 e. The number of nitrogens with zero attached hydrogens (tertiary/aromatic N) is 3. The Bertz CT molecular complexity index is 2470. The first-order chi connectivity index (χ1) is 26.1. The number of azo groups is 1. The average Bonchev–Trinajstić information content (AvgIpc) is 3.63. The van der Waals surface area contributed by atoms with E-state index in [4.69, 9.17) is 4.74 Å². The summed E-state index contributed by atoms with van der Waals surface area (Å²) in [6.07, 6.45) is 12.6. The van der Waals surface area contributed by atoms with E-state index in [0.29, 0.717) is 0 Å². The molecule has 1 unspecified atom stereocenters. The largest absolute Gasteiger partial charge is 0.455 e. The standard InChI is InChI=1S/C39H30N3OS.C9H20/c1-44-35-12-6-5-10-31(35)36-32-15-13-24-22-27(41-40-26-8-3-2-4-9-26)14-16-28(24)38(32)43-39-33(36)18-17-29-30-11-7-20-42-21-19-25(37(30)42)23-34(29)39;1-4-6-7-8-9(3)5-2/h2-6,8-10,12-18,22-23H,7,11,19-21H2,1H3;9H,4-8H2,1-3H3/q+1;. The lowest BCUT2D eigenvalue weighted by Crippen LogP contribution is -2.34. The summed E-state index contributed by atoms with van der Waals surface area (Å²) in [7, 11) is 0. The molecular weight excluding hydrogens is 667 g/mol. The zero-order valence-corrected chi connectivity index (χ0v) is 32.4. The van der Waals surface area contributed by atoms with Crippen LogP contribution in [0.2, 0.25) is 0 Å². The van der Waals surface area contributed by atoms with Gasteiger partial charge in [0.25, 0.3) is 0 Å². The number of rotatable bonds is 9. The van der Waals surface area contributed by atoms with E-state index in [1.165, 1.54) is 88.4 Å². The second-order valence-electron chi connectivity index (χ2n) is 14.8. The van der Waals surface area contributed by atoms with Gasteiger partial charge in [-0.15, -0.1) is 11.8 Å². The van der Waals surface area contributed by atoms with Crippen molar-refractivity contribution in [2.45, 2.75) is 77.0 Å². The lowest BCUT2D eigenvalue weighted by Gasteiger charge is -2.25. The number of aryl methyl sites for hydroxylation is 1. The third kappa shape index (κ3) is 6.92. The highest BCUT2D eigenvalue weighted by Gasteiger charge is 2.30. The van der Waals surface area contributed by atoms with E-state index in [9.17, 15) is 0 Å². The fourth-order valence-corrected chi connectivity index (χ4v) is 8.96. The van der Waals surface area contributed by atoms with Crippen LogP contribution in [0.25, 0.3) is 27.1 Å². The zero-order valence-electron chi connectivity index (χ0n) is 31.6. The summed E-state index contributed by atoms with van der Waals surface area (Å²) < 4.78 is 9.70. The van der Waals surface area contributed by atoms with Gasteiger partial charge in [0.05, 0.1) is 11.4 Å². The minimum atomic E-state index is 0.819. The SMILES string of the molecule is CCCCCC(C)CC.CSc1ccccc1C1=c2ccc3c4c5c(cc3c2Oc2c1ccc1cc(N=Nc3ccccc3)ccc21)CC[N+]=5CCC4. The van der Waals surface area contributed by atoms with Crippen molar-refractivity contribution in [2.24, 2.45) is 16.1 Å². The molecule has 4 nitrogen and oxygen atoms in total. The third-order valence-corrected chi connectivity index (χ3v) is 12.2. The summed E-state index contributed by atoms with van der Waals surface area (Å²) in [4.78, 5) is 1.26. The molecule has 3 aliphatic rings. The van der Waals surface area contributed by atoms with Crippen molar-refractivity contribution in [3.05, 3.63) is 136 Å². The van der Waals surface area contributed by atoms with Crippen molar-refractivity contribution < 1.29 is 4.74 Å². The number of unbranched alkanes of at least 4 members (excludes halogenated alkanes) is 2. The van der Waals surface area contributed by atoms with Gasteiger partial charge in [-0.3, -0.25) is 0 Å². The molecule has 0 saturated heterocycles. The summed E-state index contributed by atoms with van der Waals surface area (Å²) in [5.41, 5.74) is 8.22. The van der Waals surface area contributed by atoms with Gasteiger partial charge in [-0.25, -0.2) is 4.58 Å². The lowest BCUT2D eigenvalue weighted by molar-refractivity contribution is 0.482. The molecule has 6 aromatic carbocycles. The molecule has 5 heteroatoms. The van der Waals surface area contributed by atoms with Crippen molar-refractivity contribution in [1.29, 1.82) is 0 Å². The molecule has 268 valence electrons. The average molecular weight is 717 g/mol. The molecule has 9 rings (SSSR count). The Balaban J connectivity index is 0.000000397. The quantitative estimate of drug-likeness (QED) is 0.0645. The Labute approximate surface area is 318 Å². The Morgan fingerprint density at radius 2 is 1.55 bits per heavy atom. The first-order valence-corrected chi connectivity index (χ1v) is 20.9. The number of ether oxygens (including phenoxy) is 1. The molecule has 3 aliphatic heterocycles. The van der Waals surface area contributed by atoms with Crippen molar-refractivity contribution in [1.82, 2.24) is 4.58 Å². The molecule has 0 aromatic heterocycles. The molecule has 53 heavy (non-hydrogen) atoms. The Morgan fingerprint density at radius 1 is 0.736 bits per heavy atom. The van der Waals surface area contributed by atoms with Gasteiger partial charge in [0, 0.05) is 56.0 Å². The maximum absolute atomic E-state index is 7.11. The fourth-order valence-electron chi connectivity index (χ4n) is 8.36. The van der Waals surface area contributed by atoms with Gasteiger partial charge in [0.15, 0.2) is 0 Å². The smallest absolute Gasteiger partial charge is 0.207 e. The van der Waals surface area contributed by atoms with Gasteiger partial charge in [-0.05, 0) is 89.5 Å². The van der Waals surface area contributed by atoms with Gasteiger partial charge in [0.2, 0.25) is 5.36 Å². The highest BCUT2D eigenvalue weighted by atomic mass is 32.2. The molecule has 0 amide bonds. The Hall–Kier alpha value is -4.74. The predicted molar refractivity (Wildman–Crippen MR) is 224 cm³/mol. The van der Waals surface area contributed by atoms with E-state index >= 15 is 0 Å². The first-order valence-electron chi connectivity index (χ1n) is 19.7. The molecule has 0 N–H and O–H groups in total. The van der Waals surface area contributed by atoms with Crippen molar-refractivity contribution in [3.8, 4) is 11.5 Å². The minimum absolute atomic E-state index is 0.819. The van der Waals surface area contributed by atoms with Crippen LogP contribution in [0.1, 0.15) is 81.5 Å². The van der Waals surface area contributed by atoms with E-state index in [2.05, 4.69) is 109 Å².